The van der Waals surface area contributed by atoms with E-state index in [2.05, 4.69) is 23.8 Å². The Kier molecular flexibility index (Phi) is 3.14. The molecule has 0 aliphatic carbocycles. The molecule has 3 rings (SSSR count). The summed E-state index contributed by atoms with van der Waals surface area (Å²) in [7, 11) is 0. The molecule has 0 spiro atoms. The van der Waals surface area contributed by atoms with E-state index in [0.29, 0.717) is 11.7 Å². The minimum Gasteiger partial charge on any atom is -0.383 e. The van der Waals surface area contributed by atoms with Crippen molar-refractivity contribution in [3.05, 3.63) is 42.9 Å². The van der Waals surface area contributed by atoms with E-state index in [0.717, 1.165) is 28.7 Å². The molecule has 4 heteroatoms. The van der Waals surface area contributed by atoms with Crippen molar-refractivity contribution in [3.63, 3.8) is 0 Å². The number of imidazole rings is 1. The van der Waals surface area contributed by atoms with Crippen LogP contribution in [0, 0.1) is 5.92 Å². The van der Waals surface area contributed by atoms with Gasteiger partial charge in [0.05, 0.1) is 11.8 Å². The van der Waals surface area contributed by atoms with Crippen LogP contribution in [0.3, 0.4) is 0 Å². The Labute approximate surface area is 118 Å². The van der Waals surface area contributed by atoms with E-state index in [9.17, 15) is 0 Å². The Morgan fingerprint density at radius 2 is 1.95 bits per heavy atom. The maximum absolute atomic E-state index is 6.25. The standard InChI is InChI=1S/C16H18N4/c1-11(2)9-20-10-19-15(16(20)17)13-7-3-5-12-6-4-8-18-14(12)13/h3-8,10-11H,9,17H2,1-2H3. The fourth-order valence-electron chi connectivity index (χ4n) is 2.43. The lowest BCUT2D eigenvalue weighted by Gasteiger charge is -2.09. The highest BCUT2D eigenvalue weighted by molar-refractivity contribution is 5.94. The first-order chi connectivity index (χ1) is 9.66. The van der Waals surface area contributed by atoms with Crippen LogP contribution in [0.1, 0.15) is 13.8 Å². The SMILES string of the molecule is CC(C)Cn1cnc(-c2cccc3cccnc23)c1N. The molecule has 0 saturated heterocycles. The molecule has 0 bridgehead atoms. The molecule has 102 valence electrons. The minimum atomic E-state index is 0.532. The molecule has 0 amide bonds. The van der Waals surface area contributed by atoms with E-state index in [1.54, 1.807) is 6.20 Å². The van der Waals surface area contributed by atoms with Crippen LogP contribution in [0.4, 0.5) is 5.82 Å². The lowest BCUT2D eigenvalue weighted by molar-refractivity contribution is 0.527. The molecule has 20 heavy (non-hydrogen) atoms. The summed E-state index contributed by atoms with van der Waals surface area (Å²) in [6.07, 6.45) is 3.61. The average Bonchev–Trinajstić information content (AvgIpc) is 2.79. The Hall–Kier alpha value is -2.36. The number of aromatic nitrogens is 3. The number of pyridine rings is 1. The van der Waals surface area contributed by atoms with Crippen molar-refractivity contribution in [3.8, 4) is 11.3 Å². The number of nitrogens with two attached hydrogens (primary N) is 1. The average molecular weight is 266 g/mol. The third-order valence-electron chi connectivity index (χ3n) is 3.33. The smallest absolute Gasteiger partial charge is 0.131 e. The second-order valence-electron chi connectivity index (χ2n) is 5.41. The van der Waals surface area contributed by atoms with Crippen molar-refractivity contribution in [2.45, 2.75) is 20.4 Å². The van der Waals surface area contributed by atoms with Gasteiger partial charge in [0.2, 0.25) is 0 Å². The fourth-order valence-corrected chi connectivity index (χ4v) is 2.43. The first kappa shape index (κ1) is 12.7. The molecule has 2 aromatic heterocycles. The number of hydrogen-bond acceptors (Lipinski definition) is 3. The zero-order valence-corrected chi connectivity index (χ0v) is 11.7. The monoisotopic (exact) mass is 266 g/mol. The van der Waals surface area contributed by atoms with E-state index in [1.807, 2.05) is 41.2 Å². The third kappa shape index (κ3) is 2.13. The van der Waals surface area contributed by atoms with Crippen LogP contribution in [-0.2, 0) is 6.54 Å². The molecule has 4 nitrogen and oxygen atoms in total. The highest BCUT2D eigenvalue weighted by Gasteiger charge is 2.13. The van der Waals surface area contributed by atoms with Crippen LogP contribution < -0.4 is 5.73 Å². The second kappa shape index (κ2) is 4.96. The first-order valence-electron chi connectivity index (χ1n) is 6.81. The zero-order valence-electron chi connectivity index (χ0n) is 11.7. The van der Waals surface area contributed by atoms with Crippen molar-refractivity contribution in [2.75, 3.05) is 5.73 Å². The topological polar surface area (TPSA) is 56.7 Å². The number of nitrogens with zero attached hydrogens (tertiary/aromatic N) is 3. The van der Waals surface area contributed by atoms with Gasteiger partial charge in [0.15, 0.2) is 0 Å². The lowest BCUT2D eigenvalue weighted by atomic mass is 10.1. The summed E-state index contributed by atoms with van der Waals surface area (Å²) in [6.45, 7) is 5.20. The van der Waals surface area contributed by atoms with Gasteiger partial charge >= 0.3 is 0 Å². The van der Waals surface area contributed by atoms with E-state index in [-0.39, 0.29) is 0 Å². The highest BCUT2D eigenvalue weighted by Crippen LogP contribution is 2.30. The Bertz CT molecular complexity index is 738. The van der Waals surface area contributed by atoms with Crippen LogP contribution in [0.2, 0.25) is 0 Å². The molecule has 0 aliphatic rings. The summed E-state index contributed by atoms with van der Waals surface area (Å²) in [5.41, 5.74) is 8.99. The number of nitrogen functional groups attached to an aromatic ring is 1. The molecule has 0 aliphatic heterocycles. The van der Waals surface area contributed by atoms with E-state index in [4.69, 9.17) is 5.73 Å². The van der Waals surface area contributed by atoms with E-state index < -0.39 is 0 Å². The fraction of sp³-hybridized carbons (Fsp3) is 0.250. The molecule has 0 radical (unpaired) electrons. The maximum Gasteiger partial charge on any atom is 0.131 e. The molecule has 0 saturated carbocycles. The maximum atomic E-state index is 6.25. The molecular weight excluding hydrogens is 248 g/mol. The van der Waals surface area contributed by atoms with Crippen molar-refractivity contribution in [1.29, 1.82) is 0 Å². The largest absolute Gasteiger partial charge is 0.383 e. The minimum absolute atomic E-state index is 0.532. The Balaban J connectivity index is 2.14. The second-order valence-corrected chi connectivity index (χ2v) is 5.41. The van der Waals surface area contributed by atoms with Gasteiger partial charge in [-0.25, -0.2) is 4.98 Å². The number of para-hydroxylation sites is 1. The van der Waals surface area contributed by atoms with Gasteiger partial charge in [-0.1, -0.05) is 38.1 Å². The van der Waals surface area contributed by atoms with Gasteiger partial charge < -0.3 is 10.3 Å². The van der Waals surface area contributed by atoms with Gasteiger partial charge in [-0.2, -0.15) is 0 Å². The Morgan fingerprint density at radius 3 is 2.75 bits per heavy atom. The van der Waals surface area contributed by atoms with E-state index >= 15 is 0 Å². The highest BCUT2D eigenvalue weighted by atomic mass is 15.1. The summed E-state index contributed by atoms with van der Waals surface area (Å²) >= 11 is 0. The predicted molar refractivity (Wildman–Crippen MR) is 82.2 cm³/mol. The quantitative estimate of drug-likeness (QED) is 0.791. The molecular formula is C16H18N4. The summed E-state index contributed by atoms with van der Waals surface area (Å²) in [4.78, 5) is 8.95. The first-order valence-corrected chi connectivity index (χ1v) is 6.81. The molecule has 0 fully saturated rings. The summed E-state index contributed by atoms with van der Waals surface area (Å²) < 4.78 is 2.00. The predicted octanol–water partition coefficient (Wildman–Crippen LogP) is 3.34. The molecule has 0 unspecified atom stereocenters. The third-order valence-corrected chi connectivity index (χ3v) is 3.33. The van der Waals surface area contributed by atoms with Crippen LogP contribution in [0.5, 0.6) is 0 Å². The molecule has 2 heterocycles. The van der Waals surface area contributed by atoms with E-state index in [1.165, 1.54) is 0 Å². The number of fused-ring (bicyclic) bond motifs is 1. The number of rotatable bonds is 3. The normalized spacial score (nSPS) is 11.3. The summed E-state index contributed by atoms with van der Waals surface area (Å²) in [5.74, 6) is 1.24. The number of hydrogen-bond donors (Lipinski definition) is 1. The van der Waals surface area contributed by atoms with Crippen LogP contribution in [-0.4, -0.2) is 14.5 Å². The summed E-state index contributed by atoms with van der Waals surface area (Å²) in [5, 5.41) is 1.10. The van der Waals surface area contributed by atoms with Gasteiger partial charge in [-0.15, -0.1) is 0 Å². The van der Waals surface area contributed by atoms with Crippen LogP contribution in [0.15, 0.2) is 42.9 Å². The van der Waals surface area contributed by atoms with Gasteiger partial charge in [-0.05, 0) is 12.0 Å². The van der Waals surface area contributed by atoms with Crippen molar-refractivity contribution < 1.29 is 0 Å². The van der Waals surface area contributed by atoms with Gasteiger partial charge in [0.1, 0.15) is 11.5 Å². The molecule has 2 N–H and O–H groups in total. The number of anilines is 1. The van der Waals surface area contributed by atoms with Crippen molar-refractivity contribution in [2.24, 2.45) is 5.92 Å². The lowest BCUT2D eigenvalue weighted by Crippen LogP contribution is -2.06. The van der Waals surface area contributed by atoms with Gasteiger partial charge in [0.25, 0.3) is 0 Å². The number of benzene rings is 1. The molecule has 3 aromatic rings. The Morgan fingerprint density at radius 1 is 1.15 bits per heavy atom. The summed E-state index contributed by atoms with van der Waals surface area (Å²) in [6, 6.07) is 10.1. The van der Waals surface area contributed by atoms with Crippen molar-refractivity contribution >= 4 is 16.7 Å². The molecule has 0 atom stereocenters. The molecule has 1 aromatic carbocycles. The van der Waals surface area contributed by atoms with Gasteiger partial charge in [-0.3, -0.25) is 4.98 Å². The van der Waals surface area contributed by atoms with Crippen molar-refractivity contribution in [1.82, 2.24) is 14.5 Å². The zero-order chi connectivity index (χ0) is 14.1. The van der Waals surface area contributed by atoms with Crippen LogP contribution in [0.25, 0.3) is 22.2 Å². The van der Waals surface area contributed by atoms with Crippen LogP contribution >= 0.6 is 0 Å². The van der Waals surface area contributed by atoms with Gasteiger partial charge in [0, 0.05) is 23.7 Å².